The quantitative estimate of drug-likeness (QED) is 0.424. The minimum atomic E-state index is -1.55. The molecule has 0 saturated carbocycles. The van der Waals surface area contributed by atoms with Crippen LogP contribution in [0.3, 0.4) is 0 Å². The Labute approximate surface area is 215 Å². The monoisotopic (exact) mass is 554 g/mol. The van der Waals surface area contributed by atoms with E-state index >= 15 is 0 Å². The van der Waals surface area contributed by atoms with E-state index in [-0.39, 0.29) is 45.1 Å². The Hall–Kier alpha value is -1.94. The molecule has 175 valence electrons. The summed E-state index contributed by atoms with van der Waals surface area (Å²) in [5.41, 5.74) is -0.959. The van der Waals surface area contributed by atoms with Crippen molar-refractivity contribution in [3.63, 3.8) is 0 Å². The van der Waals surface area contributed by atoms with Crippen molar-refractivity contribution in [3.05, 3.63) is 57.5 Å². The molecular weight excluding hydrogens is 529 g/mol. The van der Waals surface area contributed by atoms with Crippen LogP contribution >= 0.6 is 7.80 Å². The summed E-state index contributed by atoms with van der Waals surface area (Å²) >= 11 is 0. The second kappa shape index (κ2) is 12.5. The molecule has 0 aliphatic carbocycles. The summed E-state index contributed by atoms with van der Waals surface area (Å²) in [7, 11) is -1.55. The Morgan fingerprint density at radius 1 is 1.21 bits per heavy atom. The molecule has 1 radical (unpaired) electrons. The Balaban J connectivity index is 0.00000385. The average Bonchev–Trinajstić information content (AvgIpc) is 2.78. The predicted octanol–water partition coefficient (Wildman–Crippen LogP) is 0.489. The normalized spacial score (nSPS) is 14.9. The summed E-state index contributed by atoms with van der Waals surface area (Å²) in [6.45, 7) is 4.39. The minimum absolute atomic E-state index is 0. The van der Waals surface area contributed by atoms with Crippen LogP contribution in [0.4, 0.5) is 4.39 Å². The summed E-state index contributed by atoms with van der Waals surface area (Å²) < 4.78 is 24.3. The van der Waals surface area contributed by atoms with Crippen LogP contribution in [0.5, 0.6) is 5.75 Å². The van der Waals surface area contributed by atoms with Crippen LogP contribution in [0.1, 0.15) is 26.7 Å². The number of aromatic hydroxyl groups is 1. The van der Waals surface area contributed by atoms with E-state index in [9.17, 15) is 28.4 Å². The molecule has 1 saturated heterocycles. The third-order valence-corrected chi connectivity index (χ3v) is 6.05. The van der Waals surface area contributed by atoms with Gasteiger partial charge < -0.3 is 19.9 Å². The first-order valence-electron chi connectivity index (χ1n) is 10.1. The molecule has 1 aromatic heterocycles. The van der Waals surface area contributed by atoms with E-state index in [1.165, 1.54) is 29.2 Å². The molecule has 1 aliphatic heterocycles. The summed E-state index contributed by atoms with van der Waals surface area (Å²) in [6.07, 6.45) is 0.627. The van der Waals surface area contributed by atoms with Gasteiger partial charge in [-0.3, -0.25) is 24.3 Å². The maximum atomic E-state index is 13.0. The van der Waals surface area contributed by atoms with E-state index in [0.717, 1.165) is 0 Å². The predicted molar refractivity (Wildman–Crippen MR) is 116 cm³/mol. The second-order valence-electron chi connectivity index (χ2n) is 7.51. The fourth-order valence-corrected chi connectivity index (χ4v) is 3.87. The molecule has 2 aromatic rings. The van der Waals surface area contributed by atoms with Crippen molar-refractivity contribution in [2.45, 2.75) is 6.54 Å². The standard InChI is InChI=1S/C20H25FN5O5P.Y/c1-32(31)11-10-25-6-8-26(9-7-25)20(30)17-23-15(16(27)19(29)24-17)18(28)22-12-13-2-4-14(21)5-3-13;/h2-5,27,32H,6-12H2,1H3,(H,22,28)(H,23,24,29);. The summed E-state index contributed by atoms with van der Waals surface area (Å²) in [6, 6.07) is 5.44. The molecule has 1 aromatic carbocycles. The number of carbonyl (C=O) groups excluding carboxylic acids is 2. The first-order valence-corrected chi connectivity index (χ1v) is 12.2. The molecular formula is C20H25FN5O5PY. The molecule has 2 amide bonds. The van der Waals surface area contributed by atoms with E-state index in [1.807, 2.05) is 0 Å². The Morgan fingerprint density at radius 3 is 2.45 bits per heavy atom. The van der Waals surface area contributed by atoms with Gasteiger partial charge in [-0.1, -0.05) is 12.1 Å². The Bertz CT molecular complexity index is 1070. The number of aromatic nitrogens is 2. The number of benzene rings is 1. The molecule has 0 bridgehead atoms. The van der Waals surface area contributed by atoms with Gasteiger partial charge in [-0.25, -0.2) is 9.37 Å². The molecule has 1 atom stereocenters. The van der Waals surface area contributed by atoms with Crippen molar-refractivity contribution in [3.8, 4) is 5.75 Å². The van der Waals surface area contributed by atoms with Crippen LogP contribution in [-0.4, -0.2) is 82.2 Å². The zero-order valence-electron chi connectivity index (χ0n) is 18.1. The van der Waals surface area contributed by atoms with E-state index in [2.05, 4.69) is 20.2 Å². The molecule has 13 heteroatoms. The maximum absolute atomic E-state index is 13.0. The number of rotatable bonds is 7. The Morgan fingerprint density at radius 2 is 1.85 bits per heavy atom. The number of piperazine rings is 1. The molecule has 0 spiro atoms. The molecule has 3 rings (SSSR count). The number of hydrogen-bond donors (Lipinski definition) is 3. The van der Waals surface area contributed by atoms with Crippen LogP contribution in [0.25, 0.3) is 0 Å². The molecule has 1 unspecified atom stereocenters. The van der Waals surface area contributed by atoms with Crippen LogP contribution in [0.2, 0.25) is 0 Å². The van der Waals surface area contributed by atoms with Crippen molar-refractivity contribution >= 4 is 19.6 Å². The van der Waals surface area contributed by atoms with Gasteiger partial charge in [-0.15, -0.1) is 0 Å². The summed E-state index contributed by atoms with van der Waals surface area (Å²) in [4.78, 5) is 47.1. The number of carbonyl (C=O) groups is 2. The zero-order chi connectivity index (χ0) is 23.3. The van der Waals surface area contributed by atoms with E-state index in [1.54, 1.807) is 6.66 Å². The zero-order valence-corrected chi connectivity index (χ0v) is 22.0. The first kappa shape index (κ1) is 27.3. The van der Waals surface area contributed by atoms with Crippen molar-refractivity contribution in [1.82, 2.24) is 25.1 Å². The Kier molecular flexibility index (Phi) is 10.3. The van der Waals surface area contributed by atoms with E-state index in [0.29, 0.717) is 44.4 Å². The van der Waals surface area contributed by atoms with E-state index < -0.39 is 42.4 Å². The van der Waals surface area contributed by atoms with Crippen LogP contribution < -0.4 is 10.9 Å². The van der Waals surface area contributed by atoms with Gasteiger partial charge in [0.05, 0.1) is 7.80 Å². The third-order valence-electron chi connectivity index (χ3n) is 5.12. The molecule has 33 heavy (non-hydrogen) atoms. The van der Waals surface area contributed by atoms with Gasteiger partial charge in [-0.2, -0.15) is 0 Å². The van der Waals surface area contributed by atoms with Gasteiger partial charge in [0.2, 0.25) is 5.75 Å². The molecule has 10 nitrogen and oxygen atoms in total. The van der Waals surface area contributed by atoms with Crippen LogP contribution in [0.15, 0.2) is 29.1 Å². The fraction of sp³-hybridized carbons (Fsp3) is 0.400. The van der Waals surface area contributed by atoms with Crippen molar-refractivity contribution < 1.29 is 56.4 Å². The third kappa shape index (κ3) is 7.53. The fourth-order valence-electron chi connectivity index (χ4n) is 3.23. The smallest absolute Gasteiger partial charge is 0.294 e. The summed E-state index contributed by atoms with van der Waals surface area (Å²) in [5.74, 6) is -3.05. The number of nitrogens with one attached hydrogen (secondary N) is 2. The van der Waals surface area contributed by atoms with Crippen LogP contribution in [0, 0.1) is 5.82 Å². The average molecular weight is 554 g/mol. The van der Waals surface area contributed by atoms with Crippen molar-refractivity contribution in [2.24, 2.45) is 0 Å². The largest absolute Gasteiger partial charge is 0.501 e. The number of nitrogens with zero attached hydrogens (tertiary/aromatic N) is 3. The van der Waals surface area contributed by atoms with Gasteiger partial charge in [-0.05, 0) is 24.4 Å². The maximum Gasteiger partial charge on any atom is 0.294 e. The topological polar surface area (TPSA) is 136 Å². The number of aromatic amines is 1. The van der Waals surface area contributed by atoms with Gasteiger partial charge in [0.15, 0.2) is 11.5 Å². The number of amides is 2. The molecule has 3 N–H and O–H groups in total. The van der Waals surface area contributed by atoms with Gasteiger partial charge in [0, 0.05) is 78.1 Å². The first-order chi connectivity index (χ1) is 15.2. The van der Waals surface area contributed by atoms with E-state index in [4.69, 9.17) is 0 Å². The second-order valence-corrected chi connectivity index (χ2v) is 9.41. The number of hydrogen-bond acceptors (Lipinski definition) is 7. The van der Waals surface area contributed by atoms with Gasteiger partial charge in [0.25, 0.3) is 17.4 Å². The van der Waals surface area contributed by atoms with Gasteiger partial charge >= 0.3 is 0 Å². The van der Waals surface area contributed by atoms with Crippen molar-refractivity contribution in [2.75, 3.05) is 45.6 Å². The molecule has 1 fully saturated rings. The number of halogens is 1. The van der Waals surface area contributed by atoms with Gasteiger partial charge in [0.1, 0.15) is 5.82 Å². The molecule has 2 heterocycles. The van der Waals surface area contributed by atoms with Crippen molar-refractivity contribution in [1.29, 1.82) is 0 Å². The number of H-pyrrole nitrogens is 1. The minimum Gasteiger partial charge on any atom is -0.501 e. The summed E-state index contributed by atoms with van der Waals surface area (Å²) in [5, 5.41) is 12.5. The van der Waals surface area contributed by atoms with Crippen LogP contribution in [-0.2, 0) is 43.8 Å². The molecule has 1 aliphatic rings. The SMILES string of the molecule is C[PH](=O)CCN1CCN(C(=O)c2nc(C(=O)NCc3ccc(F)cc3)c(O)c(=O)[nH]2)CC1.[Y].